The molecule has 0 aliphatic carbocycles. The Bertz CT molecular complexity index is 186. The van der Waals surface area contributed by atoms with Crippen LogP contribution in [-0.2, 0) is 6.04 Å². The van der Waals surface area contributed by atoms with Gasteiger partial charge in [-0.25, -0.2) is 0 Å². The summed E-state index contributed by atoms with van der Waals surface area (Å²) in [5, 5.41) is 0. The smallest absolute Gasteiger partial charge is 0.274 e. The Labute approximate surface area is 60.5 Å². The van der Waals surface area contributed by atoms with E-state index in [4.69, 9.17) is 0 Å². The highest BCUT2D eigenvalue weighted by molar-refractivity contribution is 6.42. The summed E-state index contributed by atoms with van der Waals surface area (Å²) < 4.78 is 23.7. The van der Waals surface area contributed by atoms with Crippen LogP contribution >= 0.6 is 0 Å². The van der Waals surface area contributed by atoms with E-state index in [1.807, 2.05) is 6.07 Å². The molecule has 0 fully saturated rings. The van der Waals surface area contributed by atoms with E-state index in [9.17, 15) is 8.22 Å². The van der Waals surface area contributed by atoms with Crippen LogP contribution in [0.5, 0.6) is 0 Å². The van der Waals surface area contributed by atoms with Crippen LogP contribution in [0, 0.1) is 0 Å². The van der Waals surface area contributed by atoms with Gasteiger partial charge in [-0.05, 0) is 5.56 Å². The number of benzene rings is 1. The van der Waals surface area contributed by atoms with Gasteiger partial charge in [0.25, 0.3) is 0 Å². The van der Waals surface area contributed by atoms with Crippen molar-refractivity contribution in [1.29, 1.82) is 0 Å². The van der Waals surface area contributed by atoms with Crippen LogP contribution in [0.1, 0.15) is 5.56 Å². The maximum atomic E-state index is 11.9. The molecule has 0 aliphatic rings. The van der Waals surface area contributed by atoms with Gasteiger partial charge in [0.15, 0.2) is 0 Å². The predicted molar refractivity (Wildman–Crippen MR) is 39.5 cm³/mol. The summed E-state index contributed by atoms with van der Waals surface area (Å²) in [7, 11) is -3.40. The zero-order chi connectivity index (χ0) is 7.40. The van der Waals surface area contributed by atoms with Gasteiger partial charge in [0.2, 0.25) is 0 Å². The summed E-state index contributed by atoms with van der Waals surface area (Å²) >= 11 is 0. The molecule has 0 spiro atoms. The lowest BCUT2D eigenvalue weighted by molar-refractivity contribution is 0.654. The number of halogens is 2. The molecular weight excluding hydrogens is 150 g/mol. The van der Waals surface area contributed by atoms with Gasteiger partial charge in [0.05, 0.1) is 0 Å². The van der Waals surface area contributed by atoms with Crippen LogP contribution < -0.4 is 0 Å². The predicted octanol–water partition coefficient (Wildman–Crippen LogP) is 1.93. The minimum absolute atomic E-state index is 0.000833. The second-order valence-corrected chi connectivity index (χ2v) is 3.27. The summed E-state index contributed by atoms with van der Waals surface area (Å²) in [6, 6.07) is 8.87. The minimum atomic E-state index is -3.40. The SMILES string of the molecule is F[SiH](F)Cc1ccccc1. The van der Waals surface area contributed by atoms with E-state index in [1.165, 1.54) is 0 Å². The Morgan fingerprint density at radius 3 is 2.20 bits per heavy atom. The summed E-state index contributed by atoms with van der Waals surface area (Å²) in [5.74, 6) is 0. The molecule has 0 aliphatic heterocycles. The van der Waals surface area contributed by atoms with Gasteiger partial charge in [-0.2, -0.15) is 0 Å². The Hall–Kier alpha value is -0.703. The minimum Gasteiger partial charge on any atom is -0.274 e. The molecule has 3 heteroatoms. The lowest BCUT2D eigenvalue weighted by atomic mass is 10.2. The third-order valence-corrected chi connectivity index (χ3v) is 2.01. The first-order valence-electron chi connectivity index (χ1n) is 3.11. The highest BCUT2D eigenvalue weighted by atomic mass is 28.4. The molecule has 0 heterocycles. The number of hydrogen-bond donors (Lipinski definition) is 0. The van der Waals surface area contributed by atoms with Crippen molar-refractivity contribution in [3.8, 4) is 0 Å². The maximum Gasteiger partial charge on any atom is 0.415 e. The van der Waals surface area contributed by atoms with Gasteiger partial charge in [0, 0.05) is 6.04 Å². The molecule has 0 unspecified atom stereocenters. The van der Waals surface area contributed by atoms with Gasteiger partial charge in [0.1, 0.15) is 0 Å². The Kier molecular flexibility index (Phi) is 2.56. The largest absolute Gasteiger partial charge is 0.415 e. The average molecular weight is 158 g/mol. The van der Waals surface area contributed by atoms with Gasteiger partial charge < -0.3 is 0 Å². The molecule has 10 heavy (non-hydrogen) atoms. The van der Waals surface area contributed by atoms with Crippen molar-refractivity contribution >= 4 is 9.46 Å². The highest BCUT2D eigenvalue weighted by Gasteiger charge is 2.06. The lowest BCUT2D eigenvalue weighted by Gasteiger charge is -1.95. The molecule has 0 aromatic heterocycles. The van der Waals surface area contributed by atoms with Crippen LogP contribution in [0.15, 0.2) is 30.3 Å². The van der Waals surface area contributed by atoms with Crippen molar-refractivity contribution in [2.24, 2.45) is 0 Å². The fourth-order valence-electron chi connectivity index (χ4n) is 0.792. The summed E-state index contributed by atoms with van der Waals surface area (Å²) in [6.07, 6.45) is 0. The molecular formula is C7H8F2Si. The molecule has 1 aromatic carbocycles. The Morgan fingerprint density at radius 2 is 1.70 bits per heavy atom. The molecule has 0 bridgehead atoms. The van der Waals surface area contributed by atoms with Crippen LogP contribution in [-0.4, -0.2) is 9.46 Å². The van der Waals surface area contributed by atoms with Crippen LogP contribution in [0.3, 0.4) is 0 Å². The fraction of sp³-hybridized carbons (Fsp3) is 0.143. The monoisotopic (exact) mass is 158 g/mol. The maximum absolute atomic E-state index is 11.9. The zero-order valence-electron chi connectivity index (χ0n) is 5.43. The van der Waals surface area contributed by atoms with Crippen molar-refractivity contribution in [2.45, 2.75) is 6.04 Å². The normalized spacial score (nSPS) is 10.3. The van der Waals surface area contributed by atoms with E-state index >= 15 is 0 Å². The second-order valence-electron chi connectivity index (χ2n) is 2.08. The van der Waals surface area contributed by atoms with Crippen molar-refractivity contribution in [3.05, 3.63) is 35.9 Å². The molecule has 0 nitrogen and oxygen atoms in total. The Morgan fingerprint density at radius 1 is 1.10 bits per heavy atom. The Balaban J connectivity index is 2.59. The molecule has 0 saturated carbocycles. The van der Waals surface area contributed by atoms with E-state index < -0.39 is 9.46 Å². The van der Waals surface area contributed by atoms with E-state index in [0.29, 0.717) is 0 Å². The number of hydrogen-bond acceptors (Lipinski definition) is 0. The van der Waals surface area contributed by atoms with Crippen molar-refractivity contribution in [3.63, 3.8) is 0 Å². The van der Waals surface area contributed by atoms with Gasteiger partial charge >= 0.3 is 9.46 Å². The summed E-state index contributed by atoms with van der Waals surface area (Å²) in [6.45, 7) is 0. The molecule has 54 valence electrons. The van der Waals surface area contributed by atoms with Crippen LogP contribution in [0.4, 0.5) is 8.22 Å². The van der Waals surface area contributed by atoms with E-state index in [0.717, 1.165) is 5.56 Å². The quantitative estimate of drug-likeness (QED) is 0.455. The van der Waals surface area contributed by atoms with E-state index in [2.05, 4.69) is 0 Å². The van der Waals surface area contributed by atoms with E-state index in [1.54, 1.807) is 24.3 Å². The first-order chi connectivity index (χ1) is 4.79. The first-order valence-corrected chi connectivity index (χ1v) is 4.80. The van der Waals surface area contributed by atoms with Gasteiger partial charge in [-0.3, -0.25) is 8.22 Å². The molecule has 0 radical (unpaired) electrons. The molecule has 1 aromatic rings. The lowest BCUT2D eigenvalue weighted by Crippen LogP contribution is -2.01. The van der Waals surface area contributed by atoms with E-state index in [-0.39, 0.29) is 6.04 Å². The zero-order valence-corrected chi connectivity index (χ0v) is 6.58. The standard InChI is InChI=1S/C7H8F2Si/c8-10(9)6-7-4-2-1-3-5-7/h1-5,10H,6H2. The molecule has 0 atom stereocenters. The van der Waals surface area contributed by atoms with Crippen molar-refractivity contribution < 1.29 is 8.22 Å². The average Bonchev–Trinajstić information content (AvgIpc) is 1.88. The van der Waals surface area contributed by atoms with Crippen molar-refractivity contribution in [2.75, 3.05) is 0 Å². The second kappa shape index (κ2) is 3.46. The van der Waals surface area contributed by atoms with Crippen LogP contribution in [0.25, 0.3) is 0 Å². The van der Waals surface area contributed by atoms with Crippen molar-refractivity contribution in [1.82, 2.24) is 0 Å². The summed E-state index contributed by atoms with van der Waals surface area (Å²) in [4.78, 5) is 0. The third-order valence-electron chi connectivity index (χ3n) is 1.23. The first kappa shape index (κ1) is 7.40. The van der Waals surface area contributed by atoms with Crippen LogP contribution in [0.2, 0.25) is 0 Å². The molecule has 1 rings (SSSR count). The molecule has 0 amide bonds. The topological polar surface area (TPSA) is 0 Å². The molecule has 0 N–H and O–H groups in total. The van der Waals surface area contributed by atoms with Gasteiger partial charge in [-0.1, -0.05) is 30.3 Å². The number of rotatable bonds is 2. The summed E-state index contributed by atoms with van der Waals surface area (Å²) in [5.41, 5.74) is 0.754. The molecule has 0 saturated heterocycles. The fourth-order valence-corrected chi connectivity index (χ4v) is 1.42. The van der Waals surface area contributed by atoms with Gasteiger partial charge in [-0.15, -0.1) is 0 Å². The highest BCUT2D eigenvalue weighted by Crippen LogP contribution is 2.02. The third kappa shape index (κ3) is 2.27.